The first-order valence-electron chi connectivity index (χ1n) is 8.90. The molecule has 2 aromatic heterocycles. The Morgan fingerprint density at radius 1 is 1.07 bits per heavy atom. The molecule has 10 heteroatoms. The maximum absolute atomic E-state index is 11.3. The summed E-state index contributed by atoms with van der Waals surface area (Å²) in [4.78, 5) is 36.2. The summed E-state index contributed by atoms with van der Waals surface area (Å²) < 4.78 is 0. The lowest BCUT2D eigenvalue weighted by atomic mass is 10.0. The monoisotopic (exact) mass is 392 g/mol. The Kier molecular flexibility index (Phi) is 4.92. The minimum Gasteiger partial charge on any atom is -0.294 e. The fourth-order valence-corrected chi connectivity index (χ4v) is 3.36. The molecule has 10 nitrogen and oxygen atoms in total. The van der Waals surface area contributed by atoms with Gasteiger partial charge in [-0.3, -0.25) is 30.1 Å². The van der Waals surface area contributed by atoms with Crippen LogP contribution in [0, 0.1) is 20.2 Å². The fourth-order valence-electron chi connectivity index (χ4n) is 3.36. The van der Waals surface area contributed by atoms with Crippen LogP contribution in [0.1, 0.15) is 16.8 Å². The SMILES string of the molecule is O=[N+]([O-])c1ccc(CN2CCc3nc(-c4ccncc4)ncc3C2)c([N+](=O)[O-])c1. The number of nitro groups is 2. The Morgan fingerprint density at radius 3 is 2.59 bits per heavy atom. The maximum atomic E-state index is 11.3. The molecule has 0 saturated carbocycles. The van der Waals surface area contributed by atoms with Crippen LogP contribution in [-0.4, -0.2) is 36.2 Å². The molecule has 0 radical (unpaired) electrons. The second-order valence-electron chi connectivity index (χ2n) is 6.69. The molecule has 0 amide bonds. The standard InChI is InChI=1S/C19H16N6O4/c26-24(27)16-2-1-14(18(9-16)25(28)29)11-23-8-5-17-15(12-23)10-21-19(22-17)13-3-6-20-7-4-13/h1-4,6-7,9-10H,5,8,11-12H2. The van der Waals surface area contributed by atoms with Crippen molar-refractivity contribution >= 4 is 11.4 Å². The minimum atomic E-state index is -0.633. The summed E-state index contributed by atoms with van der Waals surface area (Å²) in [6.07, 6.45) is 5.86. The number of rotatable bonds is 5. The van der Waals surface area contributed by atoms with Gasteiger partial charge in [-0.25, -0.2) is 9.97 Å². The van der Waals surface area contributed by atoms with Gasteiger partial charge in [0.05, 0.1) is 21.6 Å². The van der Waals surface area contributed by atoms with Crippen molar-refractivity contribution in [2.75, 3.05) is 6.54 Å². The van der Waals surface area contributed by atoms with Crippen molar-refractivity contribution in [2.24, 2.45) is 0 Å². The van der Waals surface area contributed by atoms with Crippen LogP contribution in [0.5, 0.6) is 0 Å². The number of non-ortho nitro benzene ring substituents is 1. The number of aromatic nitrogens is 3. The Labute approximate surface area is 165 Å². The predicted octanol–water partition coefficient (Wildman–Crippen LogP) is 2.91. The molecule has 4 rings (SSSR count). The third kappa shape index (κ3) is 3.92. The Hall–Kier alpha value is -3.79. The van der Waals surface area contributed by atoms with Crippen molar-refractivity contribution < 1.29 is 9.85 Å². The molecule has 0 unspecified atom stereocenters. The van der Waals surface area contributed by atoms with Crippen molar-refractivity contribution in [1.29, 1.82) is 0 Å². The summed E-state index contributed by atoms with van der Waals surface area (Å²) in [6, 6.07) is 7.46. The van der Waals surface area contributed by atoms with Crippen LogP contribution in [0.25, 0.3) is 11.4 Å². The van der Waals surface area contributed by atoms with Gasteiger partial charge in [-0.05, 0) is 18.2 Å². The Morgan fingerprint density at radius 2 is 1.86 bits per heavy atom. The number of fused-ring (bicyclic) bond motifs is 1. The van der Waals surface area contributed by atoms with Gasteiger partial charge in [0, 0.05) is 67.4 Å². The van der Waals surface area contributed by atoms with E-state index in [4.69, 9.17) is 0 Å². The number of hydrogen-bond acceptors (Lipinski definition) is 8. The summed E-state index contributed by atoms with van der Waals surface area (Å²) in [5.41, 5.74) is 2.74. The van der Waals surface area contributed by atoms with Gasteiger partial charge in [-0.1, -0.05) is 0 Å². The van der Waals surface area contributed by atoms with Crippen LogP contribution < -0.4 is 0 Å². The van der Waals surface area contributed by atoms with E-state index in [1.54, 1.807) is 18.6 Å². The number of nitro benzene ring substituents is 2. The fraction of sp³-hybridized carbons (Fsp3) is 0.211. The second kappa shape index (κ2) is 7.68. The molecule has 1 aromatic carbocycles. The molecule has 0 atom stereocenters. The van der Waals surface area contributed by atoms with Crippen LogP contribution in [0.3, 0.4) is 0 Å². The Bertz CT molecular complexity index is 1090. The summed E-state index contributed by atoms with van der Waals surface area (Å²) in [6.45, 7) is 1.55. The van der Waals surface area contributed by atoms with Gasteiger partial charge < -0.3 is 0 Å². The van der Waals surface area contributed by atoms with Gasteiger partial charge in [-0.15, -0.1) is 0 Å². The third-order valence-corrected chi connectivity index (χ3v) is 4.82. The molecule has 1 aliphatic rings. The zero-order chi connectivity index (χ0) is 20.4. The van der Waals surface area contributed by atoms with Crippen LogP contribution in [0.2, 0.25) is 0 Å². The van der Waals surface area contributed by atoms with Crippen molar-refractivity contribution in [3.8, 4) is 11.4 Å². The lowest BCUT2D eigenvalue weighted by Crippen LogP contribution is -2.31. The normalized spacial score (nSPS) is 13.7. The van der Waals surface area contributed by atoms with Crippen molar-refractivity contribution in [1.82, 2.24) is 19.9 Å². The maximum Gasteiger partial charge on any atom is 0.280 e. The van der Waals surface area contributed by atoms with Crippen molar-refractivity contribution in [3.05, 3.63) is 86.0 Å². The molecule has 3 aromatic rings. The van der Waals surface area contributed by atoms with Gasteiger partial charge in [-0.2, -0.15) is 0 Å². The smallest absolute Gasteiger partial charge is 0.280 e. The first-order chi connectivity index (χ1) is 14.0. The molecule has 0 fully saturated rings. The largest absolute Gasteiger partial charge is 0.294 e. The average Bonchev–Trinajstić information content (AvgIpc) is 2.74. The molecule has 0 spiro atoms. The molecule has 0 bridgehead atoms. The highest BCUT2D eigenvalue weighted by molar-refractivity contribution is 5.54. The molecule has 3 heterocycles. The Balaban J connectivity index is 1.54. The summed E-state index contributed by atoms with van der Waals surface area (Å²) >= 11 is 0. The first kappa shape index (κ1) is 18.6. The van der Waals surface area contributed by atoms with Gasteiger partial charge in [0.2, 0.25) is 0 Å². The second-order valence-corrected chi connectivity index (χ2v) is 6.69. The molecule has 29 heavy (non-hydrogen) atoms. The van der Waals surface area contributed by atoms with E-state index in [9.17, 15) is 20.2 Å². The van der Waals surface area contributed by atoms with Gasteiger partial charge in [0.1, 0.15) is 0 Å². The zero-order valence-electron chi connectivity index (χ0n) is 15.3. The third-order valence-electron chi connectivity index (χ3n) is 4.82. The van der Waals surface area contributed by atoms with E-state index in [2.05, 4.69) is 15.0 Å². The van der Waals surface area contributed by atoms with Gasteiger partial charge in [0.15, 0.2) is 5.82 Å². The van der Waals surface area contributed by atoms with Crippen LogP contribution >= 0.6 is 0 Å². The number of benzene rings is 1. The molecule has 1 aliphatic heterocycles. The van der Waals surface area contributed by atoms with E-state index < -0.39 is 9.85 Å². The van der Waals surface area contributed by atoms with Gasteiger partial charge in [0.25, 0.3) is 11.4 Å². The van der Waals surface area contributed by atoms with E-state index in [0.29, 0.717) is 37.4 Å². The van der Waals surface area contributed by atoms with Crippen molar-refractivity contribution in [3.63, 3.8) is 0 Å². The quantitative estimate of drug-likeness (QED) is 0.479. The number of hydrogen-bond donors (Lipinski definition) is 0. The van der Waals surface area contributed by atoms with E-state index >= 15 is 0 Å². The minimum absolute atomic E-state index is 0.241. The van der Waals surface area contributed by atoms with E-state index in [1.807, 2.05) is 17.0 Å². The highest BCUT2D eigenvalue weighted by Crippen LogP contribution is 2.28. The molecule has 0 aliphatic carbocycles. The molecule has 0 saturated heterocycles. The number of nitrogens with zero attached hydrogens (tertiary/aromatic N) is 6. The van der Waals surface area contributed by atoms with Crippen LogP contribution in [-0.2, 0) is 19.5 Å². The van der Waals surface area contributed by atoms with Crippen LogP contribution in [0.4, 0.5) is 11.4 Å². The van der Waals surface area contributed by atoms with E-state index in [0.717, 1.165) is 22.9 Å². The molecular formula is C19H16N6O4. The van der Waals surface area contributed by atoms with Gasteiger partial charge >= 0.3 is 0 Å². The molecule has 146 valence electrons. The summed E-state index contributed by atoms with van der Waals surface area (Å²) in [7, 11) is 0. The highest BCUT2D eigenvalue weighted by atomic mass is 16.6. The van der Waals surface area contributed by atoms with E-state index in [-0.39, 0.29) is 11.4 Å². The number of pyridine rings is 1. The summed E-state index contributed by atoms with van der Waals surface area (Å²) in [5, 5.41) is 22.2. The molecular weight excluding hydrogens is 376 g/mol. The molecule has 0 N–H and O–H groups in total. The summed E-state index contributed by atoms with van der Waals surface area (Å²) in [5.74, 6) is 0.644. The highest BCUT2D eigenvalue weighted by Gasteiger charge is 2.24. The topological polar surface area (TPSA) is 128 Å². The first-order valence-corrected chi connectivity index (χ1v) is 8.90. The average molecular weight is 392 g/mol. The zero-order valence-corrected chi connectivity index (χ0v) is 15.3. The van der Waals surface area contributed by atoms with E-state index in [1.165, 1.54) is 12.1 Å². The lowest BCUT2D eigenvalue weighted by Gasteiger charge is -2.28. The predicted molar refractivity (Wildman–Crippen MR) is 103 cm³/mol. The van der Waals surface area contributed by atoms with Crippen LogP contribution in [0.15, 0.2) is 48.9 Å². The van der Waals surface area contributed by atoms with Crippen molar-refractivity contribution in [2.45, 2.75) is 19.5 Å². The lowest BCUT2D eigenvalue weighted by molar-refractivity contribution is -0.394.